The maximum atomic E-state index is 13.6. The van der Waals surface area contributed by atoms with Crippen LogP contribution in [0.4, 0.5) is 4.39 Å². The number of pyridine rings is 1. The molecule has 1 fully saturated rings. The Morgan fingerprint density at radius 1 is 1.33 bits per heavy atom. The second kappa shape index (κ2) is 6.91. The largest absolute Gasteiger partial charge is 0.436 e. The Hall–Kier alpha value is -1.59. The SMILES string of the molecule is Fc1ccccc1Oc1cc(CN[C@@H]2CCSC2)ccn1. The van der Waals surface area contributed by atoms with Gasteiger partial charge >= 0.3 is 0 Å². The van der Waals surface area contributed by atoms with Gasteiger partial charge in [-0.15, -0.1) is 0 Å². The fourth-order valence-corrected chi connectivity index (χ4v) is 3.40. The van der Waals surface area contributed by atoms with Crippen molar-refractivity contribution in [2.75, 3.05) is 11.5 Å². The van der Waals surface area contributed by atoms with E-state index in [1.54, 1.807) is 24.4 Å². The van der Waals surface area contributed by atoms with Gasteiger partial charge in [-0.25, -0.2) is 9.37 Å². The second-order valence-electron chi connectivity index (χ2n) is 4.98. The van der Waals surface area contributed by atoms with E-state index in [0.717, 1.165) is 12.1 Å². The number of nitrogens with one attached hydrogen (secondary N) is 1. The summed E-state index contributed by atoms with van der Waals surface area (Å²) in [4.78, 5) is 4.13. The van der Waals surface area contributed by atoms with E-state index in [4.69, 9.17) is 4.74 Å². The van der Waals surface area contributed by atoms with Crippen LogP contribution in [-0.2, 0) is 6.54 Å². The smallest absolute Gasteiger partial charge is 0.219 e. The van der Waals surface area contributed by atoms with Crippen molar-refractivity contribution in [2.24, 2.45) is 0 Å². The Balaban J connectivity index is 1.64. The molecule has 0 radical (unpaired) electrons. The summed E-state index contributed by atoms with van der Waals surface area (Å²) < 4.78 is 19.1. The van der Waals surface area contributed by atoms with Gasteiger partial charge in [-0.1, -0.05) is 12.1 Å². The number of halogens is 1. The molecule has 2 aromatic rings. The third-order valence-electron chi connectivity index (χ3n) is 3.37. The zero-order valence-electron chi connectivity index (χ0n) is 11.6. The summed E-state index contributed by atoms with van der Waals surface area (Å²) >= 11 is 1.98. The maximum absolute atomic E-state index is 13.6. The van der Waals surface area contributed by atoms with Crippen LogP contribution < -0.4 is 10.1 Å². The van der Waals surface area contributed by atoms with E-state index in [1.165, 1.54) is 24.0 Å². The number of para-hydroxylation sites is 1. The predicted octanol–water partition coefficient (Wildman–Crippen LogP) is 3.61. The van der Waals surface area contributed by atoms with Crippen LogP contribution in [0.3, 0.4) is 0 Å². The number of benzene rings is 1. The van der Waals surface area contributed by atoms with Gasteiger partial charge < -0.3 is 10.1 Å². The first-order chi connectivity index (χ1) is 10.3. The molecule has 1 aliphatic rings. The molecule has 2 heterocycles. The summed E-state index contributed by atoms with van der Waals surface area (Å²) in [5, 5.41) is 3.52. The molecule has 1 N–H and O–H groups in total. The van der Waals surface area contributed by atoms with Crippen LogP contribution in [0.1, 0.15) is 12.0 Å². The molecule has 110 valence electrons. The summed E-state index contributed by atoms with van der Waals surface area (Å²) in [5.74, 6) is 2.63. The Labute approximate surface area is 127 Å². The highest BCUT2D eigenvalue weighted by Crippen LogP contribution is 2.23. The topological polar surface area (TPSA) is 34.1 Å². The van der Waals surface area contributed by atoms with Crippen LogP contribution in [0, 0.1) is 5.82 Å². The highest BCUT2D eigenvalue weighted by molar-refractivity contribution is 7.99. The van der Waals surface area contributed by atoms with Crippen LogP contribution in [0.2, 0.25) is 0 Å². The molecular weight excluding hydrogens is 287 g/mol. The van der Waals surface area contributed by atoms with Gasteiger partial charge in [0.1, 0.15) is 0 Å². The van der Waals surface area contributed by atoms with E-state index < -0.39 is 0 Å². The Bertz CT molecular complexity index is 602. The van der Waals surface area contributed by atoms with E-state index in [-0.39, 0.29) is 11.6 Å². The highest BCUT2D eigenvalue weighted by atomic mass is 32.2. The third-order valence-corrected chi connectivity index (χ3v) is 4.54. The number of hydrogen-bond acceptors (Lipinski definition) is 4. The average Bonchev–Trinajstić information content (AvgIpc) is 3.01. The zero-order chi connectivity index (χ0) is 14.5. The quantitative estimate of drug-likeness (QED) is 0.915. The number of rotatable bonds is 5. The van der Waals surface area contributed by atoms with Crippen LogP contribution in [0.5, 0.6) is 11.6 Å². The van der Waals surface area contributed by atoms with Crippen molar-refractivity contribution in [1.29, 1.82) is 0 Å². The van der Waals surface area contributed by atoms with Crippen LogP contribution in [0.25, 0.3) is 0 Å². The molecular formula is C16H17FN2OS. The summed E-state index contributed by atoms with van der Waals surface area (Å²) in [6, 6.07) is 10.7. The molecule has 1 saturated heterocycles. The van der Waals surface area contributed by atoms with Gasteiger partial charge in [0.25, 0.3) is 0 Å². The standard InChI is InChI=1S/C16H17FN2OS/c17-14-3-1-2-4-15(14)20-16-9-12(5-7-18-16)10-19-13-6-8-21-11-13/h1-5,7,9,13,19H,6,8,10-11H2/t13-/m1/s1. The van der Waals surface area contributed by atoms with E-state index in [1.807, 2.05) is 23.9 Å². The van der Waals surface area contributed by atoms with Gasteiger partial charge in [-0.2, -0.15) is 11.8 Å². The molecule has 0 aliphatic carbocycles. The fourth-order valence-electron chi connectivity index (χ4n) is 2.21. The molecule has 0 bridgehead atoms. The molecule has 1 atom stereocenters. The molecule has 0 amide bonds. The van der Waals surface area contributed by atoms with E-state index in [2.05, 4.69) is 10.3 Å². The molecule has 3 nitrogen and oxygen atoms in total. The van der Waals surface area contributed by atoms with E-state index >= 15 is 0 Å². The lowest BCUT2D eigenvalue weighted by Crippen LogP contribution is -2.27. The van der Waals surface area contributed by atoms with Crippen LogP contribution in [0.15, 0.2) is 42.6 Å². The lowest BCUT2D eigenvalue weighted by molar-refractivity contribution is 0.426. The minimum atomic E-state index is -0.384. The molecule has 3 rings (SSSR count). The summed E-state index contributed by atoms with van der Waals surface area (Å²) in [7, 11) is 0. The first-order valence-electron chi connectivity index (χ1n) is 7.00. The molecule has 1 aliphatic heterocycles. The first kappa shape index (κ1) is 14.4. The Morgan fingerprint density at radius 3 is 3.05 bits per heavy atom. The monoisotopic (exact) mass is 304 g/mol. The molecule has 1 aromatic heterocycles. The molecule has 1 aromatic carbocycles. The van der Waals surface area contributed by atoms with Crippen LogP contribution >= 0.6 is 11.8 Å². The zero-order valence-corrected chi connectivity index (χ0v) is 12.4. The summed E-state index contributed by atoms with van der Waals surface area (Å²) in [5.41, 5.74) is 1.09. The number of nitrogens with zero attached hydrogens (tertiary/aromatic N) is 1. The molecule has 5 heteroatoms. The summed E-state index contributed by atoms with van der Waals surface area (Å²) in [6.45, 7) is 0.779. The number of aromatic nitrogens is 1. The van der Waals surface area contributed by atoms with Gasteiger partial charge in [-0.3, -0.25) is 0 Å². The lowest BCUT2D eigenvalue weighted by atomic mass is 10.2. The summed E-state index contributed by atoms with van der Waals surface area (Å²) in [6.07, 6.45) is 2.91. The number of ether oxygens (including phenoxy) is 1. The molecule has 21 heavy (non-hydrogen) atoms. The van der Waals surface area contributed by atoms with Gasteiger partial charge in [-0.05, 0) is 35.9 Å². The van der Waals surface area contributed by atoms with Crippen molar-refractivity contribution in [3.8, 4) is 11.6 Å². The maximum Gasteiger partial charge on any atom is 0.219 e. The van der Waals surface area contributed by atoms with Crippen molar-refractivity contribution >= 4 is 11.8 Å². The van der Waals surface area contributed by atoms with Gasteiger partial charge in [0, 0.05) is 30.6 Å². The van der Waals surface area contributed by atoms with Gasteiger partial charge in [0.05, 0.1) is 0 Å². The van der Waals surface area contributed by atoms with Crippen molar-refractivity contribution < 1.29 is 9.13 Å². The Kier molecular flexibility index (Phi) is 4.72. The van der Waals surface area contributed by atoms with Crippen molar-refractivity contribution in [2.45, 2.75) is 19.0 Å². The molecule has 0 spiro atoms. The number of hydrogen-bond donors (Lipinski definition) is 1. The van der Waals surface area contributed by atoms with E-state index in [0.29, 0.717) is 11.9 Å². The van der Waals surface area contributed by atoms with Crippen molar-refractivity contribution in [1.82, 2.24) is 10.3 Å². The molecule has 0 unspecified atom stereocenters. The van der Waals surface area contributed by atoms with Crippen molar-refractivity contribution in [3.63, 3.8) is 0 Å². The second-order valence-corrected chi connectivity index (χ2v) is 6.13. The normalized spacial score (nSPS) is 17.9. The van der Waals surface area contributed by atoms with E-state index in [9.17, 15) is 4.39 Å². The fraction of sp³-hybridized carbons (Fsp3) is 0.312. The predicted molar refractivity (Wildman–Crippen MR) is 83.3 cm³/mol. The number of thioether (sulfide) groups is 1. The van der Waals surface area contributed by atoms with Gasteiger partial charge in [0.2, 0.25) is 5.88 Å². The third kappa shape index (κ3) is 3.95. The minimum absolute atomic E-state index is 0.197. The van der Waals surface area contributed by atoms with Crippen LogP contribution in [-0.4, -0.2) is 22.5 Å². The minimum Gasteiger partial charge on any atom is -0.436 e. The lowest BCUT2D eigenvalue weighted by Gasteiger charge is -2.12. The first-order valence-corrected chi connectivity index (χ1v) is 8.15. The van der Waals surface area contributed by atoms with Gasteiger partial charge in [0.15, 0.2) is 11.6 Å². The average molecular weight is 304 g/mol. The Morgan fingerprint density at radius 2 is 2.24 bits per heavy atom. The molecule has 0 saturated carbocycles. The van der Waals surface area contributed by atoms with Crippen molar-refractivity contribution in [3.05, 3.63) is 54.0 Å². The highest BCUT2D eigenvalue weighted by Gasteiger charge is 2.14.